The lowest BCUT2D eigenvalue weighted by Gasteiger charge is -2.22. The molecule has 1 aromatic carbocycles. The van der Waals surface area contributed by atoms with Crippen LogP contribution >= 0.6 is 0 Å². The Kier molecular flexibility index (Phi) is 6.69. The zero-order valence-corrected chi connectivity index (χ0v) is 13.6. The van der Waals surface area contributed by atoms with E-state index in [0.29, 0.717) is 13.0 Å². The van der Waals surface area contributed by atoms with Crippen LogP contribution in [0.3, 0.4) is 0 Å². The number of carbonyl (C=O) groups is 1. The number of nitrogens with two attached hydrogens (primary N) is 1. The fraction of sp³-hybridized carbons (Fsp3) is 0.588. The number of benzene rings is 1. The monoisotopic (exact) mass is 292 g/mol. The molecule has 1 aromatic rings. The zero-order valence-electron chi connectivity index (χ0n) is 13.6. The second-order valence-electron chi connectivity index (χ2n) is 6.65. The molecule has 0 fully saturated rings. The molecule has 1 atom stereocenters. The molecule has 1 amide bonds. The molecule has 0 bridgehead atoms. The van der Waals surface area contributed by atoms with Crippen LogP contribution < -0.4 is 15.8 Å². The summed E-state index contributed by atoms with van der Waals surface area (Å²) in [6.07, 6.45) is 2.11. The Morgan fingerprint density at radius 3 is 2.71 bits per heavy atom. The molecule has 1 unspecified atom stereocenters. The lowest BCUT2D eigenvalue weighted by atomic mass is 9.87. The second kappa shape index (κ2) is 8.03. The SMILES string of the molecule is CCCOc1cccc(NC(=O)CC(N)CC(C)(C)C)c1. The van der Waals surface area contributed by atoms with Gasteiger partial charge >= 0.3 is 0 Å². The number of ether oxygens (including phenoxy) is 1. The van der Waals surface area contributed by atoms with Crippen molar-refractivity contribution in [3.8, 4) is 5.75 Å². The minimum absolute atomic E-state index is 0.0561. The van der Waals surface area contributed by atoms with Gasteiger partial charge in [0.1, 0.15) is 5.75 Å². The third-order valence-corrected chi connectivity index (χ3v) is 2.91. The molecule has 21 heavy (non-hydrogen) atoms. The highest BCUT2D eigenvalue weighted by atomic mass is 16.5. The van der Waals surface area contributed by atoms with Crippen molar-refractivity contribution in [1.29, 1.82) is 0 Å². The first kappa shape index (κ1) is 17.5. The Bertz CT molecular complexity index is 452. The van der Waals surface area contributed by atoms with E-state index in [1.165, 1.54) is 0 Å². The van der Waals surface area contributed by atoms with Crippen LogP contribution in [0.5, 0.6) is 5.75 Å². The van der Waals surface area contributed by atoms with Gasteiger partial charge in [-0.2, -0.15) is 0 Å². The van der Waals surface area contributed by atoms with Crippen LogP contribution in [0.1, 0.15) is 47.0 Å². The van der Waals surface area contributed by atoms with Crippen LogP contribution in [-0.4, -0.2) is 18.6 Å². The van der Waals surface area contributed by atoms with Crippen molar-refractivity contribution in [3.63, 3.8) is 0 Å². The Hall–Kier alpha value is -1.55. The first-order valence-electron chi connectivity index (χ1n) is 7.58. The summed E-state index contributed by atoms with van der Waals surface area (Å²) in [6.45, 7) is 9.11. The van der Waals surface area contributed by atoms with Crippen LogP contribution in [0.25, 0.3) is 0 Å². The van der Waals surface area contributed by atoms with Crippen molar-refractivity contribution in [2.24, 2.45) is 11.1 Å². The number of carbonyl (C=O) groups excluding carboxylic acids is 1. The largest absolute Gasteiger partial charge is 0.494 e. The van der Waals surface area contributed by atoms with E-state index >= 15 is 0 Å². The average Bonchev–Trinajstić information content (AvgIpc) is 2.34. The summed E-state index contributed by atoms with van der Waals surface area (Å²) in [5.74, 6) is 0.716. The lowest BCUT2D eigenvalue weighted by molar-refractivity contribution is -0.116. The zero-order chi connectivity index (χ0) is 15.9. The third-order valence-electron chi connectivity index (χ3n) is 2.91. The van der Waals surface area contributed by atoms with Crippen LogP contribution in [0.4, 0.5) is 5.69 Å². The number of hydrogen-bond acceptors (Lipinski definition) is 3. The van der Waals surface area contributed by atoms with Crippen molar-refractivity contribution in [1.82, 2.24) is 0 Å². The van der Waals surface area contributed by atoms with Gasteiger partial charge < -0.3 is 15.8 Å². The van der Waals surface area contributed by atoms with Gasteiger partial charge in [-0.3, -0.25) is 4.79 Å². The van der Waals surface area contributed by atoms with E-state index in [-0.39, 0.29) is 17.4 Å². The number of nitrogens with one attached hydrogen (secondary N) is 1. The summed E-state index contributed by atoms with van der Waals surface area (Å²) in [4.78, 5) is 12.0. The molecule has 4 heteroatoms. The van der Waals surface area contributed by atoms with Gasteiger partial charge in [-0.25, -0.2) is 0 Å². The molecule has 0 aliphatic carbocycles. The molecule has 0 aliphatic rings. The molecule has 0 spiro atoms. The van der Waals surface area contributed by atoms with Gasteiger partial charge in [0.25, 0.3) is 0 Å². The first-order chi connectivity index (χ1) is 9.80. The van der Waals surface area contributed by atoms with E-state index < -0.39 is 0 Å². The van der Waals surface area contributed by atoms with E-state index in [9.17, 15) is 4.79 Å². The summed E-state index contributed by atoms with van der Waals surface area (Å²) in [5.41, 5.74) is 6.90. The molecule has 0 heterocycles. The Labute approximate surface area is 128 Å². The van der Waals surface area contributed by atoms with Crippen LogP contribution in [0.15, 0.2) is 24.3 Å². The summed E-state index contributed by atoms with van der Waals surface area (Å²) in [6, 6.07) is 7.32. The summed E-state index contributed by atoms with van der Waals surface area (Å²) in [7, 11) is 0. The van der Waals surface area contributed by atoms with Gasteiger partial charge in [0.05, 0.1) is 6.61 Å². The molecule has 3 N–H and O–H groups in total. The van der Waals surface area contributed by atoms with Crippen LogP contribution in [0, 0.1) is 5.41 Å². The number of rotatable bonds is 7. The first-order valence-corrected chi connectivity index (χ1v) is 7.58. The third kappa shape index (κ3) is 7.71. The normalized spacial score (nSPS) is 12.8. The average molecular weight is 292 g/mol. The Balaban J connectivity index is 2.50. The van der Waals surface area contributed by atoms with Crippen LogP contribution in [-0.2, 0) is 4.79 Å². The molecule has 0 saturated heterocycles. The maximum atomic E-state index is 12.0. The predicted molar refractivity (Wildman–Crippen MR) is 87.5 cm³/mol. The van der Waals surface area contributed by atoms with E-state index in [1.807, 2.05) is 24.3 Å². The van der Waals surface area contributed by atoms with Crippen molar-refractivity contribution >= 4 is 11.6 Å². The predicted octanol–water partition coefficient (Wildman–Crippen LogP) is 3.57. The van der Waals surface area contributed by atoms with Gasteiger partial charge in [-0.1, -0.05) is 33.8 Å². The van der Waals surface area contributed by atoms with Crippen molar-refractivity contribution < 1.29 is 9.53 Å². The molecule has 0 saturated carbocycles. The van der Waals surface area contributed by atoms with E-state index in [4.69, 9.17) is 10.5 Å². The molecule has 4 nitrogen and oxygen atoms in total. The quantitative estimate of drug-likeness (QED) is 0.807. The molecule has 1 rings (SSSR count). The standard InChI is InChI=1S/C17H28N2O2/c1-5-9-21-15-8-6-7-14(11-15)19-16(20)10-13(18)12-17(2,3)4/h6-8,11,13H,5,9-10,12,18H2,1-4H3,(H,19,20). The van der Waals surface area contributed by atoms with Crippen molar-refractivity contribution in [2.45, 2.75) is 53.0 Å². The van der Waals surface area contributed by atoms with Gasteiger partial charge in [0, 0.05) is 24.2 Å². The number of anilines is 1. The highest BCUT2D eigenvalue weighted by Crippen LogP contribution is 2.22. The molecule has 0 aliphatic heterocycles. The maximum absolute atomic E-state index is 12.0. The Morgan fingerprint density at radius 2 is 2.10 bits per heavy atom. The fourth-order valence-corrected chi connectivity index (χ4v) is 2.19. The lowest BCUT2D eigenvalue weighted by Crippen LogP contribution is -2.31. The van der Waals surface area contributed by atoms with Gasteiger partial charge in [-0.15, -0.1) is 0 Å². The number of amides is 1. The van der Waals surface area contributed by atoms with Crippen LogP contribution in [0.2, 0.25) is 0 Å². The molecule has 118 valence electrons. The minimum Gasteiger partial charge on any atom is -0.494 e. The topological polar surface area (TPSA) is 64.3 Å². The van der Waals surface area contributed by atoms with E-state index in [2.05, 4.69) is 33.0 Å². The van der Waals surface area contributed by atoms with Gasteiger partial charge in [0.15, 0.2) is 0 Å². The summed E-state index contributed by atoms with van der Waals surface area (Å²) in [5, 5.41) is 2.88. The molecule has 0 radical (unpaired) electrons. The number of hydrogen-bond donors (Lipinski definition) is 2. The Morgan fingerprint density at radius 1 is 1.38 bits per heavy atom. The van der Waals surface area contributed by atoms with Crippen molar-refractivity contribution in [3.05, 3.63) is 24.3 Å². The highest BCUT2D eigenvalue weighted by molar-refractivity contribution is 5.91. The minimum atomic E-state index is -0.121. The smallest absolute Gasteiger partial charge is 0.225 e. The second-order valence-corrected chi connectivity index (χ2v) is 6.65. The van der Waals surface area contributed by atoms with E-state index in [1.54, 1.807) is 0 Å². The molecule has 0 aromatic heterocycles. The molecular formula is C17H28N2O2. The maximum Gasteiger partial charge on any atom is 0.225 e. The highest BCUT2D eigenvalue weighted by Gasteiger charge is 2.18. The summed E-state index contributed by atoms with van der Waals surface area (Å²) < 4.78 is 5.55. The van der Waals surface area contributed by atoms with Gasteiger partial charge in [0.2, 0.25) is 5.91 Å². The van der Waals surface area contributed by atoms with Gasteiger partial charge in [-0.05, 0) is 30.4 Å². The summed E-state index contributed by atoms with van der Waals surface area (Å²) >= 11 is 0. The molecular weight excluding hydrogens is 264 g/mol. The van der Waals surface area contributed by atoms with Crippen molar-refractivity contribution in [2.75, 3.05) is 11.9 Å². The fourth-order valence-electron chi connectivity index (χ4n) is 2.19. The van der Waals surface area contributed by atoms with E-state index in [0.717, 1.165) is 24.3 Å².